The van der Waals surface area contributed by atoms with Crippen molar-refractivity contribution in [3.8, 4) is 11.4 Å². The van der Waals surface area contributed by atoms with Crippen molar-refractivity contribution in [3.63, 3.8) is 0 Å². The predicted molar refractivity (Wildman–Crippen MR) is 176 cm³/mol. The van der Waals surface area contributed by atoms with Crippen molar-refractivity contribution >= 4 is 61.5 Å². The van der Waals surface area contributed by atoms with E-state index in [9.17, 15) is 0 Å². The molecule has 1 aliphatic heterocycles. The van der Waals surface area contributed by atoms with Crippen molar-refractivity contribution < 1.29 is 0 Å². The minimum absolute atomic E-state index is 1.15. The van der Waals surface area contributed by atoms with E-state index in [0.717, 1.165) is 11.4 Å². The number of aromatic nitrogens is 2. The van der Waals surface area contributed by atoms with E-state index < -0.39 is 0 Å². The zero-order chi connectivity index (χ0) is 27.6. The van der Waals surface area contributed by atoms with Crippen molar-refractivity contribution in [2.24, 2.45) is 0 Å². The molecule has 0 bridgehead atoms. The fourth-order valence-electron chi connectivity index (χ4n) is 6.51. The van der Waals surface area contributed by atoms with E-state index in [4.69, 9.17) is 0 Å². The van der Waals surface area contributed by atoms with Gasteiger partial charge in [0.1, 0.15) is 0 Å². The highest BCUT2D eigenvalue weighted by atomic mass is 32.2. The predicted octanol–water partition coefficient (Wildman–Crippen LogP) is 10.7. The molecule has 198 valence electrons. The van der Waals surface area contributed by atoms with Crippen LogP contribution in [0, 0.1) is 0 Å². The van der Waals surface area contributed by atoms with Gasteiger partial charge in [-0.1, -0.05) is 72.4 Å². The molecule has 2 aromatic heterocycles. The first-order chi connectivity index (χ1) is 20.8. The van der Waals surface area contributed by atoms with E-state index in [2.05, 4.69) is 166 Å². The first kappa shape index (κ1) is 23.5. The van der Waals surface area contributed by atoms with Gasteiger partial charge in [0, 0.05) is 49.2 Å². The summed E-state index contributed by atoms with van der Waals surface area (Å²) in [5.74, 6) is 0. The van der Waals surface area contributed by atoms with Gasteiger partial charge in [0.05, 0.1) is 27.9 Å². The topological polar surface area (TPSA) is 13.1 Å². The Hall–Kier alpha value is -5.19. The summed E-state index contributed by atoms with van der Waals surface area (Å²) in [4.78, 5) is 4.93. The highest BCUT2D eigenvalue weighted by Gasteiger charge is 2.24. The molecule has 0 N–H and O–H groups in total. The van der Waals surface area contributed by atoms with Gasteiger partial charge in [0.2, 0.25) is 0 Å². The van der Waals surface area contributed by atoms with Crippen LogP contribution in [0.3, 0.4) is 0 Å². The number of benzene rings is 6. The maximum atomic E-state index is 2.40. The van der Waals surface area contributed by atoms with Crippen molar-refractivity contribution in [2.45, 2.75) is 9.79 Å². The summed E-state index contributed by atoms with van der Waals surface area (Å²) in [7, 11) is 0. The fraction of sp³-hybridized carbons (Fsp3) is 0. The second-order valence-electron chi connectivity index (χ2n) is 10.7. The zero-order valence-corrected chi connectivity index (χ0v) is 23.5. The van der Waals surface area contributed by atoms with Gasteiger partial charge in [-0.05, 0) is 84.9 Å². The van der Waals surface area contributed by atoms with Crippen molar-refractivity contribution in [1.82, 2.24) is 9.13 Å². The number of fused-ring (bicyclic) bond motifs is 7. The van der Waals surface area contributed by atoms with E-state index in [0.29, 0.717) is 0 Å². The second kappa shape index (κ2) is 9.16. The van der Waals surface area contributed by atoms with E-state index >= 15 is 0 Å². The number of para-hydroxylation sites is 4. The Balaban J connectivity index is 1.22. The van der Waals surface area contributed by atoms with Gasteiger partial charge in [-0.25, -0.2) is 0 Å². The lowest BCUT2D eigenvalue weighted by atomic mass is 10.1. The lowest BCUT2D eigenvalue weighted by molar-refractivity contribution is 1.13. The minimum Gasteiger partial charge on any atom is -0.317 e. The molecule has 3 heterocycles. The summed E-state index contributed by atoms with van der Waals surface area (Å²) in [5.41, 5.74) is 9.56. The second-order valence-corrected chi connectivity index (χ2v) is 11.7. The molecule has 0 unspecified atom stereocenters. The molecular formula is C38H25N3S. The largest absolute Gasteiger partial charge is 0.317 e. The molecule has 0 aliphatic carbocycles. The van der Waals surface area contributed by atoms with Crippen LogP contribution < -0.4 is 4.90 Å². The van der Waals surface area contributed by atoms with Gasteiger partial charge >= 0.3 is 0 Å². The quantitative estimate of drug-likeness (QED) is 0.215. The van der Waals surface area contributed by atoms with Crippen molar-refractivity contribution in [2.75, 3.05) is 4.90 Å². The Bertz CT molecular complexity index is 2230. The van der Waals surface area contributed by atoms with Gasteiger partial charge in [-0.2, -0.15) is 0 Å². The standard InChI is InChI=1S/C38H25N3S/c1-2-10-26(11-3-1)39-25-24-30-31(39)22-23-35-38(30)29-12-4-5-13-32(29)40(35)27-18-20-28(21-19-27)41-33-14-6-8-16-36(33)42-37-17-9-7-15-34(37)41/h1-25H. The first-order valence-corrected chi connectivity index (χ1v) is 15.0. The Kier molecular flexibility index (Phi) is 5.13. The van der Waals surface area contributed by atoms with Crippen LogP contribution in [0.25, 0.3) is 44.1 Å². The summed E-state index contributed by atoms with van der Waals surface area (Å²) < 4.78 is 4.68. The van der Waals surface area contributed by atoms with Crippen LogP contribution in [0.15, 0.2) is 162 Å². The van der Waals surface area contributed by atoms with E-state index in [1.807, 2.05) is 11.8 Å². The number of nitrogens with zero attached hydrogens (tertiary/aromatic N) is 3. The molecule has 0 amide bonds. The van der Waals surface area contributed by atoms with E-state index in [-0.39, 0.29) is 0 Å². The highest BCUT2D eigenvalue weighted by molar-refractivity contribution is 7.99. The summed E-state index contributed by atoms with van der Waals surface area (Å²) in [6, 6.07) is 52.5. The molecule has 0 fully saturated rings. The SMILES string of the molecule is c1ccc(-n2ccc3c4c5ccccc5n(-c5ccc(N6c7ccccc7Sc7ccccc76)cc5)c4ccc32)cc1. The third-order valence-corrected chi connectivity index (χ3v) is 9.47. The number of rotatable bonds is 3. The molecule has 1 aliphatic rings. The molecule has 4 heteroatoms. The van der Waals surface area contributed by atoms with Crippen molar-refractivity contribution in [3.05, 3.63) is 152 Å². The van der Waals surface area contributed by atoms with Crippen LogP contribution in [0.2, 0.25) is 0 Å². The summed E-state index contributed by atoms with van der Waals surface area (Å²) in [6.07, 6.45) is 2.19. The van der Waals surface area contributed by atoms with Gasteiger partial charge < -0.3 is 14.0 Å². The normalized spacial score (nSPS) is 12.6. The smallest absolute Gasteiger partial charge is 0.0601 e. The Morgan fingerprint density at radius 1 is 0.405 bits per heavy atom. The van der Waals surface area contributed by atoms with Crippen LogP contribution in [-0.2, 0) is 0 Å². The number of hydrogen-bond donors (Lipinski definition) is 0. The maximum absolute atomic E-state index is 2.40. The number of anilines is 3. The minimum atomic E-state index is 1.15. The molecular weight excluding hydrogens is 531 g/mol. The maximum Gasteiger partial charge on any atom is 0.0601 e. The molecule has 0 saturated heterocycles. The summed E-state index contributed by atoms with van der Waals surface area (Å²) in [5, 5.41) is 3.82. The molecule has 8 aromatic rings. The summed E-state index contributed by atoms with van der Waals surface area (Å²) >= 11 is 1.84. The van der Waals surface area contributed by atoms with Crippen LogP contribution in [-0.4, -0.2) is 9.13 Å². The molecule has 3 nitrogen and oxygen atoms in total. The Labute approximate surface area is 247 Å². The average Bonchev–Trinajstić information content (AvgIpc) is 3.63. The molecule has 6 aromatic carbocycles. The Morgan fingerprint density at radius 3 is 1.76 bits per heavy atom. The van der Waals surface area contributed by atoms with Crippen LogP contribution in [0.5, 0.6) is 0 Å². The first-order valence-electron chi connectivity index (χ1n) is 14.2. The van der Waals surface area contributed by atoms with Crippen molar-refractivity contribution in [1.29, 1.82) is 0 Å². The van der Waals surface area contributed by atoms with Gasteiger partial charge in [0.25, 0.3) is 0 Å². The van der Waals surface area contributed by atoms with Crippen LogP contribution >= 0.6 is 11.8 Å². The van der Waals surface area contributed by atoms with Gasteiger partial charge in [-0.3, -0.25) is 0 Å². The van der Waals surface area contributed by atoms with Crippen LogP contribution in [0.1, 0.15) is 0 Å². The third-order valence-electron chi connectivity index (χ3n) is 8.34. The van der Waals surface area contributed by atoms with E-state index in [1.165, 1.54) is 59.6 Å². The van der Waals surface area contributed by atoms with E-state index in [1.54, 1.807) is 0 Å². The Morgan fingerprint density at radius 2 is 1.00 bits per heavy atom. The zero-order valence-electron chi connectivity index (χ0n) is 22.7. The lowest BCUT2D eigenvalue weighted by Gasteiger charge is -2.32. The molecule has 0 spiro atoms. The number of hydrogen-bond acceptors (Lipinski definition) is 2. The molecule has 9 rings (SSSR count). The molecule has 0 saturated carbocycles. The average molecular weight is 556 g/mol. The monoisotopic (exact) mass is 555 g/mol. The molecule has 0 atom stereocenters. The van der Waals surface area contributed by atoms with Crippen LogP contribution in [0.4, 0.5) is 17.1 Å². The fourth-order valence-corrected chi connectivity index (χ4v) is 7.57. The highest BCUT2D eigenvalue weighted by Crippen LogP contribution is 2.51. The van der Waals surface area contributed by atoms with Gasteiger partial charge in [0.15, 0.2) is 0 Å². The molecule has 0 radical (unpaired) electrons. The third kappa shape index (κ3) is 3.42. The lowest BCUT2D eigenvalue weighted by Crippen LogP contribution is -2.14. The summed E-state index contributed by atoms with van der Waals surface area (Å²) in [6.45, 7) is 0. The van der Waals surface area contributed by atoms with Gasteiger partial charge in [-0.15, -0.1) is 0 Å². The molecule has 42 heavy (non-hydrogen) atoms.